The molecule has 1 nitrogen and oxygen atoms in total. The van der Waals surface area contributed by atoms with Gasteiger partial charge in [0.2, 0.25) is 0 Å². The summed E-state index contributed by atoms with van der Waals surface area (Å²) < 4.78 is 0. The van der Waals surface area contributed by atoms with Crippen molar-refractivity contribution in [3.8, 4) is 0 Å². The molecule has 0 bridgehead atoms. The van der Waals surface area contributed by atoms with Gasteiger partial charge >= 0.3 is 0 Å². The van der Waals surface area contributed by atoms with E-state index in [1.807, 2.05) is 18.4 Å². The van der Waals surface area contributed by atoms with Crippen molar-refractivity contribution in [2.45, 2.75) is 6.92 Å². The van der Waals surface area contributed by atoms with E-state index < -0.39 is 0 Å². The van der Waals surface area contributed by atoms with Gasteiger partial charge in [0.15, 0.2) is 0 Å². The number of hydrogen-bond donors (Lipinski definition) is 0. The molecule has 0 atom stereocenters. The Bertz CT molecular complexity index is 136. The minimum Gasteiger partial charge on any atom is -0.273 e. The summed E-state index contributed by atoms with van der Waals surface area (Å²) in [5.41, 5.74) is 0. The molecule has 0 aromatic heterocycles. The fourth-order valence-corrected chi connectivity index (χ4v) is 0.522. The third-order valence-corrected chi connectivity index (χ3v) is 1.62. The van der Waals surface area contributed by atoms with Crippen LogP contribution in [0.25, 0.3) is 0 Å². The molecule has 0 aromatic carbocycles. The van der Waals surface area contributed by atoms with Crippen molar-refractivity contribution >= 4 is 18.5 Å². The summed E-state index contributed by atoms with van der Waals surface area (Å²) >= 11 is 1.72. The molecule has 50 valence electrons. The highest BCUT2D eigenvalue weighted by atomic mass is 32.2. The Morgan fingerprint density at radius 3 is 2.78 bits per heavy atom. The summed E-state index contributed by atoms with van der Waals surface area (Å²) in [6.07, 6.45) is 7.58. The van der Waals surface area contributed by atoms with Crippen LogP contribution in [0.3, 0.4) is 0 Å². The van der Waals surface area contributed by atoms with E-state index in [0.717, 1.165) is 0 Å². The topological polar surface area (TPSA) is 12.4 Å². The first-order chi connectivity index (χ1) is 4.31. The largest absolute Gasteiger partial charge is 0.273 e. The second-order valence-corrected chi connectivity index (χ2v) is 2.56. The van der Waals surface area contributed by atoms with Gasteiger partial charge in [-0.25, -0.2) is 0 Å². The van der Waals surface area contributed by atoms with Gasteiger partial charge in [-0.2, -0.15) is 0 Å². The average Bonchev–Trinajstić information content (AvgIpc) is 1.89. The zero-order valence-corrected chi connectivity index (χ0v) is 6.61. The second kappa shape index (κ2) is 5.63. The lowest BCUT2D eigenvalue weighted by molar-refractivity contribution is 1.59. The minimum atomic E-state index is 1.27. The minimum absolute atomic E-state index is 1.27. The van der Waals surface area contributed by atoms with Gasteiger partial charge in [-0.3, -0.25) is 4.99 Å². The third-order valence-electron chi connectivity index (χ3n) is 0.844. The molecule has 0 fully saturated rings. The van der Waals surface area contributed by atoms with Crippen LogP contribution in [0.15, 0.2) is 28.2 Å². The molecule has 0 rings (SSSR count). The Kier molecular flexibility index (Phi) is 5.32. The molecule has 2 heteroatoms. The highest BCUT2D eigenvalue weighted by Gasteiger charge is 1.76. The zero-order valence-electron chi connectivity index (χ0n) is 5.79. The summed E-state index contributed by atoms with van der Waals surface area (Å²) in [5.74, 6) is 0. The molecule has 0 heterocycles. The number of nitrogens with zero attached hydrogens (tertiary/aromatic N) is 1. The number of rotatable bonds is 3. The van der Waals surface area contributed by atoms with E-state index in [-0.39, 0.29) is 0 Å². The molecule has 0 radical (unpaired) electrons. The van der Waals surface area contributed by atoms with Gasteiger partial charge in [0.05, 0.1) is 0 Å². The molecule has 0 saturated heterocycles. The van der Waals surface area contributed by atoms with Crippen molar-refractivity contribution in [3.05, 3.63) is 23.3 Å². The first-order valence-corrected chi connectivity index (χ1v) is 3.87. The lowest BCUT2D eigenvalue weighted by Crippen LogP contribution is -1.59. The van der Waals surface area contributed by atoms with E-state index in [1.54, 1.807) is 18.0 Å². The van der Waals surface area contributed by atoms with Crippen LogP contribution < -0.4 is 0 Å². The normalized spacial score (nSPS) is 12.4. The highest BCUT2D eigenvalue weighted by Crippen LogP contribution is 2.08. The van der Waals surface area contributed by atoms with Crippen LogP contribution in [0.4, 0.5) is 0 Å². The fraction of sp³-hybridized carbons (Fsp3) is 0.286. The summed E-state index contributed by atoms with van der Waals surface area (Å²) in [7, 11) is 0. The molecule has 0 amide bonds. The molecule has 0 spiro atoms. The number of aliphatic imine (C=N–C) groups is 1. The Balaban J connectivity index is 3.67. The molecule has 0 aliphatic rings. The molecule has 0 saturated carbocycles. The zero-order chi connectivity index (χ0) is 7.11. The Hall–Kier alpha value is -0.500. The van der Waals surface area contributed by atoms with Crippen LogP contribution >= 0.6 is 11.8 Å². The third kappa shape index (κ3) is 5.37. The predicted molar refractivity (Wildman–Crippen MR) is 46.0 cm³/mol. The second-order valence-electron chi connectivity index (χ2n) is 1.51. The maximum atomic E-state index is 3.56. The van der Waals surface area contributed by atoms with E-state index in [2.05, 4.69) is 18.6 Å². The Morgan fingerprint density at radius 1 is 1.67 bits per heavy atom. The van der Waals surface area contributed by atoms with Crippen LogP contribution in [0.2, 0.25) is 0 Å². The van der Waals surface area contributed by atoms with E-state index in [1.165, 1.54) is 4.91 Å². The summed E-state index contributed by atoms with van der Waals surface area (Å²) in [6.45, 7) is 5.36. The SMILES string of the molecule is C=N/C=C\C=C(/C)SC. The van der Waals surface area contributed by atoms with Gasteiger partial charge in [0.1, 0.15) is 0 Å². The standard InChI is InChI=1S/C7H11NS/c1-7(9-3)5-4-6-8-2/h4-6H,2H2,1,3H3/b6-4-,7-5+. The van der Waals surface area contributed by atoms with Crippen molar-refractivity contribution in [1.29, 1.82) is 0 Å². The van der Waals surface area contributed by atoms with Gasteiger partial charge in [-0.15, -0.1) is 11.8 Å². The van der Waals surface area contributed by atoms with E-state index >= 15 is 0 Å². The lowest BCUT2D eigenvalue weighted by atomic mass is 10.5. The van der Waals surface area contributed by atoms with Gasteiger partial charge in [-0.1, -0.05) is 6.08 Å². The molecule has 0 unspecified atom stereocenters. The number of allylic oxidation sites excluding steroid dienone is 3. The molecule has 0 aliphatic heterocycles. The van der Waals surface area contributed by atoms with Crippen molar-refractivity contribution in [2.24, 2.45) is 4.99 Å². The summed E-state index contributed by atoms with van der Waals surface area (Å²) in [6, 6.07) is 0. The quantitative estimate of drug-likeness (QED) is 0.434. The molecule has 0 aromatic rings. The first kappa shape index (κ1) is 8.50. The summed E-state index contributed by atoms with van der Waals surface area (Å²) in [4.78, 5) is 4.83. The predicted octanol–water partition coefficient (Wildman–Crippen LogP) is 2.47. The van der Waals surface area contributed by atoms with Crippen LogP contribution in [0.5, 0.6) is 0 Å². The maximum absolute atomic E-state index is 3.56. The van der Waals surface area contributed by atoms with Gasteiger partial charge in [0.25, 0.3) is 0 Å². The molecular weight excluding hydrogens is 130 g/mol. The Labute approximate surface area is 60.6 Å². The monoisotopic (exact) mass is 141 g/mol. The van der Waals surface area contributed by atoms with Crippen molar-refractivity contribution in [3.63, 3.8) is 0 Å². The van der Waals surface area contributed by atoms with E-state index in [0.29, 0.717) is 0 Å². The average molecular weight is 141 g/mol. The number of thioether (sulfide) groups is 1. The lowest BCUT2D eigenvalue weighted by Gasteiger charge is -1.86. The Morgan fingerprint density at radius 2 is 2.33 bits per heavy atom. The molecule has 0 N–H and O–H groups in total. The molecule has 0 aliphatic carbocycles. The van der Waals surface area contributed by atoms with Crippen LogP contribution in [0, 0.1) is 0 Å². The van der Waals surface area contributed by atoms with E-state index in [4.69, 9.17) is 0 Å². The molecular formula is C7H11NS. The van der Waals surface area contributed by atoms with Crippen LogP contribution in [-0.2, 0) is 0 Å². The van der Waals surface area contributed by atoms with Crippen LogP contribution in [0.1, 0.15) is 6.92 Å². The number of hydrogen-bond acceptors (Lipinski definition) is 2. The van der Waals surface area contributed by atoms with E-state index in [9.17, 15) is 0 Å². The highest BCUT2D eigenvalue weighted by molar-refractivity contribution is 8.02. The van der Waals surface area contributed by atoms with Crippen molar-refractivity contribution < 1.29 is 0 Å². The van der Waals surface area contributed by atoms with Gasteiger partial charge in [0, 0.05) is 6.20 Å². The van der Waals surface area contributed by atoms with Crippen molar-refractivity contribution in [1.82, 2.24) is 0 Å². The van der Waals surface area contributed by atoms with Crippen LogP contribution in [-0.4, -0.2) is 13.0 Å². The van der Waals surface area contributed by atoms with Crippen molar-refractivity contribution in [2.75, 3.05) is 6.26 Å². The first-order valence-electron chi connectivity index (χ1n) is 2.64. The molecule has 9 heavy (non-hydrogen) atoms. The van der Waals surface area contributed by atoms with Gasteiger partial charge in [-0.05, 0) is 30.9 Å². The smallest absolute Gasteiger partial charge is 0.0260 e. The maximum Gasteiger partial charge on any atom is 0.0260 e. The summed E-state index contributed by atoms with van der Waals surface area (Å²) in [5, 5.41) is 0. The van der Waals surface area contributed by atoms with Gasteiger partial charge < -0.3 is 0 Å². The fourth-order valence-electron chi connectivity index (χ4n) is 0.307.